The van der Waals surface area contributed by atoms with Gasteiger partial charge in [-0.2, -0.15) is 0 Å². The van der Waals surface area contributed by atoms with E-state index in [0.29, 0.717) is 24.7 Å². The van der Waals surface area contributed by atoms with Crippen LogP contribution in [0.4, 0.5) is 23.3 Å². The molecular formula is C42H48N10. The predicted molar refractivity (Wildman–Crippen MR) is 213 cm³/mol. The van der Waals surface area contributed by atoms with E-state index in [-0.39, 0.29) is 0 Å². The van der Waals surface area contributed by atoms with Crippen molar-refractivity contribution in [3.8, 4) is 0 Å². The predicted octanol–water partition coefficient (Wildman–Crippen LogP) is 8.35. The molecule has 3 aromatic carbocycles. The van der Waals surface area contributed by atoms with E-state index >= 15 is 0 Å². The minimum atomic E-state index is 0.443. The lowest BCUT2D eigenvalue weighted by atomic mass is 10.1. The molecular weight excluding hydrogens is 645 g/mol. The Morgan fingerprint density at radius 2 is 0.923 bits per heavy atom. The largest absolute Gasteiger partial charge is 0.382 e. The van der Waals surface area contributed by atoms with Crippen molar-refractivity contribution < 1.29 is 0 Å². The van der Waals surface area contributed by atoms with E-state index in [4.69, 9.17) is 21.4 Å². The van der Waals surface area contributed by atoms with Crippen LogP contribution < -0.4 is 22.1 Å². The number of nitrogens with one attached hydrogen (secondary N) is 2. The first-order valence-electron chi connectivity index (χ1n) is 18.4. The molecule has 6 N–H and O–H groups in total. The highest BCUT2D eigenvalue weighted by Crippen LogP contribution is 2.28. The molecule has 266 valence electrons. The van der Waals surface area contributed by atoms with Crippen LogP contribution in [0.1, 0.15) is 73.4 Å². The number of nitrogens with two attached hydrogens (primary N) is 2. The molecule has 4 heterocycles. The zero-order valence-corrected chi connectivity index (χ0v) is 30.1. The number of hydrogen-bond donors (Lipinski definition) is 4. The molecule has 7 rings (SSSR count). The number of nitrogen functional groups attached to an aromatic ring is 2. The fourth-order valence-electron chi connectivity index (χ4n) is 6.66. The average Bonchev–Trinajstić information content (AvgIpc) is 3.70. The number of pyridine rings is 2. The number of aromatic nitrogens is 6. The Labute approximate surface area is 305 Å². The van der Waals surface area contributed by atoms with Crippen molar-refractivity contribution in [2.45, 2.75) is 78.6 Å². The van der Waals surface area contributed by atoms with Gasteiger partial charge < -0.3 is 31.2 Å². The standard InChI is InChI=1S/C42H48N10/c1-3-5-17-37-49-39-33(51(37)27-31-13-9-7-10-14-31)23-35(47-41(39)43)45-25-29-19-21-30(22-20-29)26-46-36-24-34-40(42(44)48-36)50-38(18-6-4-2)52(34)28-32-15-11-8-12-16-32/h7-16,19-24H,3-6,17-18,25-28H2,1-2H3,(H3,43,45,47)(H3,44,46,48). The maximum Gasteiger partial charge on any atom is 0.154 e. The minimum absolute atomic E-state index is 0.443. The molecule has 0 saturated carbocycles. The second kappa shape index (κ2) is 16.0. The van der Waals surface area contributed by atoms with Crippen molar-refractivity contribution >= 4 is 45.3 Å². The van der Waals surface area contributed by atoms with Gasteiger partial charge in [-0.1, -0.05) is 112 Å². The third-order valence-corrected chi connectivity index (χ3v) is 9.53. The molecule has 0 fully saturated rings. The summed E-state index contributed by atoms with van der Waals surface area (Å²) in [5.41, 5.74) is 21.2. The molecule has 10 heteroatoms. The highest BCUT2D eigenvalue weighted by atomic mass is 15.1. The number of aryl methyl sites for hydroxylation is 2. The van der Waals surface area contributed by atoms with Gasteiger partial charge >= 0.3 is 0 Å². The fraction of sp³-hybridized carbons (Fsp3) is 0.286. The Morgan fingerprint density at radius 1 is 0.519 bits per heavy atom. The van der Waals surface area contributed by atoms with E-state index in [9.17, 15) is 0 Å². The second-order valence-electron chi connectivity index (χ2n) is 13.5. The number of nitrogens with zero attached hydrogens (tertiary/aromatic N) is 6. The van der Waals surface area contributed by atoms with Crippen molar-refractivity contribution in [3.63, 3.8) is 0 Å². The normalized spacial score (nSPS) is 11.4. The lowest BCUT2D eigenvalue weighted by Crippen LogP contribution is -2.07. The number of anilines is 4. The summed E-state index contributed by atoms with van der Waals surface area (Å²) in [7, 11) is 0. The molecule has 0 bridgehead atoms. The second-order valence-corrected chi connectivity index (χ2v) is 13.5. The molecule has 0 aliphatic carbocycles. The van der Waals surface area contributed by atoms with Crippen LogP contribution >= 0.6 is 0 Å². The molecule has 0 saturated heterocycles. The molecule has 4 aromatic heterocycles. The van der Waals surface area contributed by atoms with Gasteiger partial charge in [-0.15, -0.1) is 0 Å². The van der Waals surface area contributed by atoms with Crippen LogP contribution in [0.25, 0.3) is 22.1 Å². The zero-order valence-electron chi connectivity index (χ0n) is 30.1. The smallest absolute Gasteiger partial charge is 0.154 e. The number of hydrogen-bond acceptors (Lipinski definition) is 8. The molecule has 52 heavy (non-hydrogen) atoms. The van der Waals surface area contributed by atoms with E-state index in [1.807, 2.05) is 12.1 Å². The van der Waals surface area contributed by atoms with Crippen LogP contribution in [-0.2, 0) is 39.0 Å². The Hall–Kier alpha value is -5.90. The maximum absolute atomic E-state index is 6.48. The lowest BCUT2D eigenvalue weighted by molar-refractivity contribution is 0.690. The molecule has 7 aromatic rings. The van der Waals surface area contributed by atoms with Gasteiger partial charge in [0.25, 0.3) is 0 Å². The van der Waals surface area contributed by atoms with Crippen LogP contribution in [0.2, 0.25) is 0 Å². The first-order valence-corrected chi connectivity index (χ1v) is 18.4. The maximum atomic E-state index is 6.48. The van der Waals surface area contributed by atoms with Gasteiger partial charge in [-0.05, 0) is 35.1 Å². The first kappa shape index (κ1) is 34.5. The summed E-state index contributed by atoms with van der Waals surface area (Å²) < 4.78 is 4.57. The average molecular weight is 693 g/mol. The molecule has 0 spiro atoms. The third-order valence-electron chi connectivity index (χ3n) is 9.53. The number of benzene rings is 3. The Bertz CT molecular complexity index is 2080. The zero-order chi connectivity index (χ0) is 35.9. The Morgan fingerprint density at radius 3 is 1.31 bits per heavy atom. The van der Waals surface area contributed by atoms with E-state index in [1.54, 1.807) is 0 Å². The van der Waals surface area contributed by atoms with Gasteiger partial charge in [0.2, 0.25) is 0 Å². The molecule has 0 aliphatic rings. The monoisotopic (exact) mass is 692 g/mol. The molecule has 0 aliphatic heterocycles. The van der Waals surface area contributed by atoms with Crippen molar-refractivity contribution in [2.75, 3.05) is 22.1 Å². The number of imidazole rings is 2. The van der Waals surface area contributed by atoms with Crippen LogP contribution in [-0.4, -0.2) is 29.1 Å². The SMILES string of the molecule is CCCCc1nc2c(N)nc(NCc3ccc(CNc4cc5c(nc(CCCC)n5Cc5ccccc5)c(N)n4)cc3)cc2n1Cc1ccccc1. The summed E-state index contributed by atoms with van der Waals surface area (Å²) in [5, 5.41) is 6.99. The minimum Gasteiger partial charge on any atom is -0.382 e. The fourth-order valence-corrected chi connectivity index (χ4v) is 6.66. The van der Waals surface area contributed by atoms with Crippen molar-refractivity contribution in [2.24, 2.45) is 0 Å². The summed E-state index contributed by atoms with van der Waals surface area (Å²) in [6, 6.07) is 33.7. The van der Waals surface area contributed by atoms with Crippen molar-refractivity contribution in [1.29, 1.82) is 0 Å². The number of unbranched alkanes of at least 4 members (excludes halogenated alkanes) is 2. The molecule has 0 atom stereocenters. The van der Waals surface area contributed by atoms with Gasteiger partial charge in [0.1, 0.15) is 34.3 Å². The first-order chi connectivity index (χ1) is 25.5. The van der Waals surface area contributed by atoms with Crippen LogP contribution in [0, 0.1) is 0 Å². The summed E-state index contributed by atoms with van der Waals surface area (Å²) in [6.07, 6.45) is 6.15. The molecule has 10 nitrogen and oxygen atoms in total. The van der Waals surface area contributed by atoms with Crippen LogP contribution in [0.15, 0.2) is 97.1 Å². The van der Waals surface area contributed by atoms with Crippen LogP contribution in [0.3, 0.4) is 0 Å². The van der Waals surface area contributed by atoms with E-state index < -0.39 is 0 Å². The summed E-state index contributed by atoms with van der Waals surface area (Å²) in [4.78, 5) is 19.2. The number of fused-ring (bicyclic) bond motifs is 2. The highest BCUT2D eigenvalue weighted by molar-refractivity contribution is 5.89. The van der Waals surface area contributed by atoms with Gasteiger partial charge in [0.15, 0.2) is 11.6 Å². The van der Waals surface area contributed by atoms with E-state index in [2.05, 4.69) is 129 Å². The van der Waals surface area contributed by atoms with E-state index in [1.165, 1.54) is 11.1 Å². The van der Waals surface area contributed by atoms with Gasteiger partial charge in [-0.3, -0.25) is 0 Å². The molecule has 0 unspecified atom stereocenters. The summed E-state index contributed by atoms with van der Waals surface area (Å²) in [6.45, 7) is 7.10. The topological polar surface area (TPSA) is 138 Å². The molecule has 0 amide bonds. The van der Waals surface area contributed by atoms with E-state index in [0.717, 1.165) is 108 Å². The van der Waals surface area contributed by atoms with Crippen molar-refractivity contribution in [3.05, 3.63) is 131 Å². The summed E-state index contributed by atoms with van der Waals surface area (Å²) in [5.74, 6) is 4.44. The lowest BCUT2D eigenvalue weighted by Gasteiger charge is -2.12. The van der Waals surface area contributed by atoms with Gasteiger partial charge in [0, 0.05) is 51.2 Å². The molecule has 0 radical (unpaired) electrons. The quantitative estimate of drug-likeness (QED) is 0.0793. The Kier molecular flexibility index (Phi) is 10.6. The Balaban J connectivity index is 1.04. The summed E-state index contributed by atoms with van der Waals surface area (Å²) >= 11 is 0. The van der Waals surface area contributed by atoms with Gasteiger partial charge in [0.05, 0.1) is 11.0 Å². The van der Waals surface area contributed by atoms with Crippen molar-refractivity contribution in [1.82, 2.24) is 29.1 Å². The number of rotatable bonds is 16. The third kappa shape index (κ3) is 7.86. The highest BCUT2D eigenvalue weighted by Gasteiger charge is 2.17. The van der Waals surface area contributed by atoms with Gasteiger partial charge in [-0.25, -0.2) is 19.9 Å². The van der Waals surface area contributed by atoms with Crippen LogP contribution in [0.5, 0.6) is 0 Å².